The zero-order valence-corrected chi connectivity index (χ0v) is 19.5. The minimum Gasteiger partial charge on any atom is -0.356 e. The third-order valence-corrected chi connectivity index (χ3v) is 4.34. The molecule has 0 aliphatic carbocycles. The molecule has 0 aliphatic rings. The van der Waals surface area contributed by atoms with Gasteiger partial charge in [0.05, 0.1) is 0 Å². The molecule has 0 radical (unpaired) electrons. The summed E-state index contributed by atoms with van der Waals surface area (Å²) in [6, 6.07) is 16.4. The molecule has 0 saturated carbocycles. The van der Waals surface area contributed by atoms with Crippen LogP contribution in [0.5, 0.6) is 0 Å². The van der Waals surface area contributed by atoms with Gasteiger partial charge in [0.2, 0.25) is 0 Å². The van der Waals surface area contributed by atoms with Crippen molar-refractivity contribution in [3.8, 4) is 0 Å². The molecule has 0 unspecified atom stereocenters. The first-order chi connectivity index (χ1) is 13.0. The van der Waals surface area contributed by atoms with E-state index in [4.69, 9.17) is 0 Å². The average molecular weight is 494 g/mol. The van der Waals surface area contributed by atoms with E-state index in [-0.39, 0.29) is 29.9 Å². The van der Waals surface area contributed by atoms with Crippen LogP contribution in [0.15, 0.2) is 53.5 Å². The van der Waals surface area contributed by atoms with Gasteiger partial charge in [0, 0.05) is 39.8 Å². The molecule has 0 atom stereocenters. The van der Waals surface area contributed by atoms with Crippen LogP contribution in [0, 0.1) is 6.92 Å². The van der Waals surface area contributed by atoms with Gasteiger partial charge in [-0.2, -0.15) is 0 Å². The van der Waals surface area contributed by atoms with Gasteiger partial charge in [-0.05, 0) is 43.0 Å². The van der Waals surface area contributed by atoms with Crippen molar-refractivity contribution < 1.29 is 4.79 Å². The van der Waals surface area contributed by atoms with Gasteiger partial charge < -0.3 is 15.5 Å². The largest absolute Gasteiger partial charge is 0.356 e. The van der Waals surface area contributed by atoms with Crippen molar-refractivity contribution in [2.75, 3.05) is 34.2 Å². The van der Waals surface area contributed by atoms with E-state index in [1.807, 2.05) is 24.3 Å². The molecule has 28 heavy (non-hydrogen) atoms. The Morgan fingerprint density at radius 2 is 1.57 bits per heavy atom. The molecule has 5 nitrogen and oxygen atoms in total. The number of benzene rings is 2. The van der Waals surface area contributed by atoms with Gasteiger partial charge in [0.15, 0.2) is 5.96 Å². The summed E-state index contributed by atoms with van der Waals surface area (Å²) in [5.74, 6) is 0.820. The first-order valence-corrected chi connectivity index (χ1v) is 9.30. The average Bonchev–Trinajstić information content (AvgIpc) is 2.67. The highest BCUT2D eigenvalue weighted by molar-refractivity contribution is 14.0. The number of nitrogens with zero attached hydrogens (tertiary/aromatic N) is 2. The maximum atomic E-state index is 12.1. The molecule has 152 valence electrons. The van der Waals surface area contributed by atoms with E-state index in [0.29, 0.717) is 0 Å². The first kappa shape index (κ1) is 23.9. The lowest BCUT2D eigenvalue weighted by Crippen LogP contribution is -2.39. The Kier molecular flexibility index (Phi) is 10.6. The Labute approximate surface area is 185 Å². The zero-order valence-electron chi connectivity index (χ0n) is 17.2. The van der Waals surface area contributed by atoms with E-state index in [2.05, 4.69) is 46.8 Å². The highest BCUT2D eigenvalue weighted by atomic mass is 127. The second kappa shape index (κ2) is 12.4. The molecule has 0 heterocycles. The molecule has 2 aromatic carbocycles. The molecule has 0 fully saturated rings. The van der Waals surface area contributed by atoms with Crippen LogP contribution < -0.4 is 10.6 Å². The number of aryl methyl sites for hydroxylation is 1. The van der Waals surface area contributed by atoms with Crippen LogP contribution in [0.25, 0.3) is 0 Å². The zero-order chi connectivity index (χ0) is 19.6. The van der Waals surface area contributed by atoms with Gasteiger partial charge in [-0.3, -0.25) is 9.79 Å². The van der Waals surface area contributed by atoms with Crippen molar-refractivity contribution in [1.82, 2.24) is 15.5 Å². The maximum absolute atomic E-state index is 12.1. The predicted molar refractivity (Wildman–Crippen MR) is 128 cm³/mol. The van der Waals surface area contributed by atoms with Crippen LogP contribution in [0.4, 0.5) is 0 Å². The summed E-state index contributed by atoms with van der Waals surface area (Å²) < 4.78 is 0. The fourth-order valence-electron chi connectivity index (χ4n) is 2.74. The summed E-state index contributed by atoms with van der Waals surface area (Å²) in [6.07, 6.45) is 1.78. The number of amides is 1. The van der Waals surface area contributed by atoms with Crippen molar-refractivity contribution >= 4 is 35.8 Å². The van der Waals surface area contributed by atoms with Gasteiger partial charge in [-0.25, -0.2) is 0 Å². The van der Waals surface area contributed by atoms with Crippen LogP contribution in [0.3, 0.4) is 0 Å². The number of nitrogens with one attached hydrogen (secondary N) is 2. The van der Waals surface area contributed by atoms with Crippen LogP contribution in [-0.4, -0.2) is 51.0 Å². The number of halogens is 1. The second-order valence-electron chi connectivity index (χ2n) is 6.81. The minimum atomic E-state index is 0. The lowest BCUT2D eigenvalue weighted by atomic mass is 10.1. The summed E-state index contributed by atoms with van der Waals surface area (Å²) in [5.41, 5.74) is 4.44. The topological polar surface area (TPSA) is 56.7 Å². The summed E-state index contributed by atoms with van der Waals surface area (Å²) in [6.45, 7) is 3.68. The molecule has 6 heteroatoms. The Morgan fingerprint density at radius 3 is 2.14 bits per heavy atom. The number of carbonyl (C=O) groups is 1. The van der Waals surface area contributed by atoms with Crippen molar-refractivity contribution in [3.63, 3.8) is 0 Å². The van der Waals surface area contributed by atoms with Gasteiger partial charge in [-0.1, -0.05) is 42.0 Å². The van der Waals surface area contributed by atoms with Gasteiger partial charge in [-0.15, -0.1) is 24.0 Å². The second-order valence-corrected chi connectivity index (χ2v) is 6.81. The lowest BCUT2D eigenvalue weighted by Gasteiger charge is -2.13. The van der Waals surface area contributed by atoms with Gasteiger partial charge >= 0.3 is 0 Å². The van der Waals surface area contributed by atoms with Crippen LogP contribution in [-0.2, 0) is 12.8 Å². The first-order valence-electron chi connectivity index (χ1n) is 9.30. The normalized spacial score (nSPS) is 10.8. The predicted octanol–water partition coefficient (Wildman–Crippen LogP) is 3.27. The van der Waals surface area contributed by atoms with E-state index >= 15 is 0 Å². The van der Waals surface area contributed by atoms with Crippen LogP contribution >= 0.6 is 24.0 Å². The maximum Gasteiger partial charge on any atom is 0.253 e. The fourth-order valence-corrected chi connectivity index (χ4v) is 2.74. The summed E-state index contributed by atoms with van der Waals surface area (Å²) in [5, 5.41) is 6.67. The highest BCUT2D eigenvalue weighted by Gasteiger charge is 2.08. The molecule has 1 amide bonds. The molecule has 2 rings (SSSR count). The molecule has 0 aromatic heterocycles. The van der Waals surface area contributed by atoms with E-state index in [0.717, 1.165) is 43.0 Å². The Balaban J connectivity index is 0.00000392. The van der Waals surface area contributed by atoms with E-state index < -0.39 is 0 Å². The standard InChI is InChI=1S/C22H30N4O.HI/c1-17-8-10-18(11-9-17)12-14-24-22(23-2)25-15-13-19-6-5-7-20(16-19)21(27)26(3)4;/h5-11,16H,12-15H2,1-4H3,(H2,23,24,25);1H. The fraction of sp³-hybridized carbons (Fsp3) is 0.364. The molecule has 0 spiro atoms. The number of carbonyl (C=O) groups excluding carboxylic acids is 1. The van der Waals surface area contributed by atoms with Crippen molar-refractivity contribution in [1.29, 1.82) is 0 Å². The number of aliphatic imine (C=N–C) groups is 1. The summed E-state index contributed by atoms with van der Waals surface area (Å²) in [4.78, 5) is 17.9. The molecular formula is C22H31IN4O. The molecule has 0 saturated heterocycles. The molecular weight excluding hydrogens is 463 g/mol. The Morgan fingerprint density at radius 1 is 0.964 bits per heavy atom. The highest BCUT2D eigenvalue weighted by Crippen LogP contribution is 2.08. The quantitative estimate of drug-likeness (QED) is 0.353. The SMILES string of the molecule is CN=C(NCCc1ccc(C)cc1)NCCc1cccc(C(=O)N(C)C)c1.I. The minimum absolute atomic E-state index is 0. The number of guanidine groups is 1. The smallest absolute Gasteiger partial charge is 0.253 e. The Bertz CT molecular complexity index is 772. The van der Waals surface area contributed by atoms with Crippen molar-refractivity contribution in [2.24, 2.45) is 4.99 Å². The van der Waals surface area contributed by atoms with Crippen molar-refractivity contribution in [3.05, 3.63) is 70.8 Å². The number of rotatable bonds is 7. The monoisotopic (exact) mass is 494 g/mol. The van der Waals surface area contributed by atoms with Gasteiger partial charge in [0.1, 0.15) is 0 Å². The Hall–Kier alpha value is -2.09. The molecule has 2 N–H and O–H groups in total. The van der Waals surface area contributed by atoms with E-state index in [9.17, 15) is 4.79 Å². The molecule has 0 bridgehead atoms. The molecule has 2 aromatic rings. The third kappa shape index (κ3) is 7.88. The number of hydrogen-bond acceptors (Lipinski definition) is 2. The van der Waals surface area contributed by atoms with Crippen LogP contribution in [0.1, 0.15) is 27.0 Å². The number of hydrogen-bond donors (Lipinski definition) is 2. The summed E-state index contributed by atoms with van der Waals surface area (Å²) in [7, 11) is 5.31. The van der Waals surface area contributed by atoms with E-state index in [1.54, 1.807) is 26.0 Å². The summed E-state index contributed by atoms with van der Waals surface area (Å²) >= 11 is 0. The van der Waals surface area contributed by atoms with Crippen LogP contribution in [0.2, 0.25) is 0 Å². The third-order valence-electron chi connectivity index (χ3n) is 4.34. The van der Waals surface area contributed by atoms with Crippen molar-refractivity contribution in [2.45, 2.75) is 19.8 Å². The van der Waals surface area contributed by atoms with E-state index in [1.165, 1.54) is 11.1 Å². The lowest BCUT2D eigenvalue weighted by molar-refractivity contribution is 0.0827. The van der Waals surface area contributed by atoms with Gasteiger partial charge in [0.25, 0.3) is 5.91 Å². The molecule has 0 aliphatic heterocycles.